The van der Waals surface area contributed by atoms with Crippen molar-refractivity contribution in [3.63, 3.8) is 0 Å². The van der Waals surface area contributed by atoms with E-state index in [2.05, 4.69) is 5.32 Å². The van der Waals surface area contributed by atoms with Gasteiger partial charge in [0, 0.05) is 12.7 Å². The fourth-order valence-electron chi connectivity index (χ4n) is 2.23. The van der Waals surface area contributed by atoms with Crippen LogP contribution in [0.5, 0.6) is 5.75 Å². The number of anilines is 1. The van der Waals surface area contributed by atoms with Crippen molar-refractivity contribution in [2.45, 2.75) is 4.90 Å². The van der Waals surface area contributed by atoms with Crippen LogP contribution in [-0.4, -0.2) is 45.2 Å². The van der Waals surface area contributed by atoms with Crippen molar-refractivity contribution in [1.29, 1.82) is 0 Å². The molecule has 138 valence electrons. The van der Waals surface area contributed by atoms with E-state index in [4.69, 9.17) is 10.5 Å². The summed E-state index contributed by atoms with van der Waals surface area (Å²) in [4.78, 5) is 23.4. The van der Waals surface area contributed by atoms with Crippen LogP contribution in [0.25, 0.3) is 0 Å². The van der Waals surface area contributed by atoms with Gasteiger partial charge in [0.2, 0.25) is 15.9 Å². The van der Waals surface area contributed by atoms with E-state index in [1.165, 1.54) is 26.3 Å². The number of nitrogens with one attached hydrogen (secondary N) is 1. The lowest BCUT2D eigenvalue weighted by Crippen LogP contribution is -2.35. The standard InChI is InChI=1S/C17H19N3O5S/c1-20(11-16(21)19-12-6-4-3-5-7-12)26(23,24)13-8-9-15(25-2)14(10-13)17(18)22/h3-10H,11H2,1-2H3,(H2,18,22)(H,19,21). The third-order valence-electron chi connectivity index (χ3n) is 3.57. The molecule has 0 aliphatic carbocycles. The molecule has 9 heteroatoms. The lowest BCUT2D eigenvalue weighted by Gasteiger charge is -2.18. The summed E-state index contributed by atoms with van der Waals surface area (Å²) in [5, 5.41) is 2.61. The first kappa shape index (κ1) is 19.4. The number of para-hydroxylation sites is 1. The van der Waals surface area contributed by atoms with E-state index in [0.717, 1.165) is 10.4 Å². The summed E-state index contributed by atoms with van der Waals surface area (Å²) >= 11 is 0. The molecular formula is C17H19N3O5S. The van der Waals surface area contributed by atoms with Crippen LogP contribution in [-0.2, 0) is 14.8 Å². The smallest absolute Gasteiger partial charge is 0.252 e. The van der Waals surface area contributed by atoms with E-state index in [1.54, 1.807) is 30.3 Å². The third kappa shape index (κ3) is 4.38. The predicted octanol–water partition coefficient (Wildman–Crippen LogP) is 1.05. The lowest BCUT2D eigenvalue weighted by atomic mass is 10.2. The molecule has 0 saturated heterocycles. The average molecular weight is 377 g/mol. The summed E-state index contributed by atoms with van der Waals surface area (Å²) in [6.45, 7) is -0.394. The Morgan fingerprint density at radius 3 is 2.38 bits per heavy atom. The van der Waals surface area contributed by atoms with Crippen molar-refractivity contribution in [3.05, 3.63) is 54.1 Å². The summed E-state index contributed by atoms with van der Waals surface area (Å²) < 4.78 is 31.2. The number of hydrogen-bond donors (Lipinski definition) is 2. The second kappa shape index (κ2) is 7.98. The quantitative estimate of drug-likeness (QED) is 0.748. The molecule has 0 heterocycles. The van der Waals surface area contributed by atoms with Gasteiger partial charge in [-0.3, -0.25) is 9.59 Å². The zero-order valence-corrected chi connectivity index (χ0v) is 15.1. The topological polar surface area (TPSA) is 119 Å². The van der Waals surface area contributed by atoms with Gasteiger partial charge in [0.25, 0.3) is 5.91 Å². The highest BCUT2D eigenvalue weighted by Gasteiger charge is 2.25. The molecule has 2 amide bonds. The Labute approximate surface area is 151 Å². The molecule has 3 N–H and O–H groups in total. The predicted molar refractivity (Wildman–Crippen MR) is 96.4 cm³/mol. The van der Waals surface area contributed by atoms with Gasteiger partial charge in [-0.1, -0.05) is 18.2 Å². The van der Waals surface area contributed by atoms with Crippen LogP contribution in [0.15, 0.2) is 53.4 Å². The number of benzene rings is 2. The van der Waals surface area contributed by atoms with Crippen molar-refractivity contribution in [2.24, 2.45) is 5.73 Å². The first-order valence-corrected chi connectivity index (χ1v) is 8.99. The van der Waals surface area contributed by atoms with Gasteiger partial charge < -0.3 is 15.8 Å². The molecule has 0 saturated carbocycles. The van der Waals surface area contributed by atoms with Gasteiger partial charge in [0.05, 0.1) is 24.1 Å². The molecule has 0 bridgehead atoms. The second-order valence-corrected chi connectivity index (χ2v) is 7.45. The number of hydrogen-bond acceptors (Lipinski definition) is 5. The molecule has 0 radical (unpaired) electrons. The van der Waals surface area contributed by atoms with E-state index in [1.807, 2.05) is 0 Å². The first-order chi connectivity index (χ1) is 12.3. The van der Waals surface area contributed by atoms with Gasteiger partial charge in [-0.15, -0.1) is 0 Å². The molecule has 0 spiro atoms. The Kier molecular flexibility index (Phi) is 5.96. The summed E-state index contributed by atoms with van der Waals surface area (Å²) in [5.74, 6) is -1.14. The second-order valence-electron chi connectivity index (χ2n) is 5.40. The maximum atomic E-state index is 12.6. The number of likely N-dealkylation sites (N-methyl/N-ethyl adjacent to an activating group) is 1. The van der Waals surface area contributed by atoms with Gasteiger partial charge in [-0.05, 0) is 30.3 Å². The molecule has 0 aliphatic rings. The van der Waals surface area contributed by atoms with Gasteiger partial charge >= 0.3 is 0 Å². The molecule has 0 aliphatic heterocycles. The number of sulfonamides is 1. The molecule has 26 heavy (non-hydrogen) atoms. The average Bonchev–Trinajstić information content (AvgIpc) is 2.61. The summed E-state index contributed by atoms with van der Waals surface area (Å²) in [6, 6.07) is 12.4. The van der Waals surface area contributed by atoms with Crippen LogP contribution in [0.2, 0.25) is 0 Å². The zero-order valence-electron chi connectivity index (χ0n) is 14.3. The van der Waals surface area contributed by atoms with Crippen LogP contribution >= 0.6 is 0 Å². The Morgan fingerprint density at radius 2 is 1.81 bits per heavy atom. The van der Waals surface area contributed by atoms with Crippen LogP contribution in [0.3, 0.4) is 0 Å². The Hall–Kier alpha value is -2.91. The number of methoxy groups -OCH3 is 1. The lowest BCUT2D eigenvalue weighted by molar-refractivity contribution is -0.116. The molecule has 0 aromatic heterocycles. The molecular weight excluding hydrogens is 358 g/mol. The van der Waals surface area contributed by atoms with Crippen LogP contribution in [0.4, 0.5) is 5.69 Å². The highest BCUT2D eigenvalue weighted by molar-refractivity contribution is 7.89. The Balaban J connectivity index is 2.19. The summed E-state index contributed by atoms with van der Waals surface area (Å²) in [7, 11) is -1.38. The largest absolute Gasteiger partial charge is 0.496 e. The number of ether oxygens (including phenoxy) is 1. The minimum absolute atomic E-state index is 0.0595. The zero-order chi connectivity index (χ0) is 19.3. The number of nitrogens with two attached hydrogens (primary N) is 1. The van der Waals surface area contributed by atoms with E-state index in [9.17, 15) is 18.0 Å². The molecule has 0 unspecified atom stereocenters. The number of carbonyl (C=O) groups excluding carboxylic acids is 2. The van der Waals surface area contributed by atoms with Gasteiger partial charge in [-0.25, -0.2) is 8.42 Å². The molecule has 8 nitrogen and oxygen atoms in total. The van der Waals surface area contributed by atoms with Gasteiger partial charge in [-0.2, -0.15) is 4.31 Å². The molecule has 2 aromatic rings. The fourth-order valence-corrected chi connectivity index (χ4v) is 3.38. The van der Waals surface area contributed by atoms with Crippen LogP contribution in [0, 0.1) is 0 Å². The Bertz CT molecular complexity index is 913. The summed E-state index contributed by atoms with van der Waals surface area (Å²) in [5.41, 5.74) is 5.75. The fraction of sp³-hybridized carbons (Fsp3) is 0.176. The first-order valence-electron chi connectivity index (χ1n) is 7.55. The molecule has 0 atom stereocenters. The normalized spacial score (nSPS) is 11.2. The minimum Gasteiger partial charge on any atom is -0.496 e. The van der Waals surface area contributed by atoms with Crippen LogP contribution < -0.4 is 15.8 Å². The van der Waals surface area contributed by atoms with E-state index in [-0.39, 0.29) is 16.2 Å². The van der Waals surface area contributed by atoms with E-state index in [0.29, 0.717) is 5.69 Å². The number of carbonyl (C=O) groups is 2. The van der Waals surface area contributed by atoms with Gasteiger partial charge in [0.15, 0.2) is 0 Å². The maximum Gasteiger partial charge on any atom is 0.252 e. The molecule has 2 aromatic carbocycles. The monoisotopic (exact) mass is 377 g/mol. The highest BCUT2D eigenvalue weighted by atomic mass is 32.2. The summed E-state index contributed by atoms with van der Waals surface area (Å²) in [6.07, 6.45) is 0. The van der Waals surface area contributed by atoms with Crippen molar-refractivity contribution in [3.8, 4) is 5.75 Å². The highest BCUT2D eigenvalue weighted by Crippen LogP contribution is 2.23. The van der Waals surface area contributed by atoms with E-state index < -0.39 is 28.4 Å². The Morgan fingerprint density at radius 1 is 1.15 bits per heavy atom. The molecule has 0 fully saturated rings. The number of primary amides is 1. The SMILES string of the molecule is COc1ccc(S(=O)(=O)N(C)CC(=O)Nc2ccccc2)cc1C(N)=O. The van der Waals surface area contributed by atoms with Gasteiger partial charge in [0.1, 0.15) is 5.75 Å². The van der Waals surface area contributed by atoms with Crippen molar-refractivity contribution in [1.82, 2.24) is 4.31 Å². The number of rotatable bonds is 7. The van der Waals surface area contributed by atoms with Crippen molar-refractivity contribution >= 4 is 27.5 Å². The van der Waals surface area contributed by atoms with Crippen LogP contribution in [0.1, 0.15) is 10.4 Å². The number of amides is 2. The van der Waals surface area contributed by atoms with Crippen molar-refractivity contribution < 1.29 is 22.7 Å². The molecule has 2 rings (SSSR count). The number of nitrogens with zero attached hydrogens (tertiary/aromatic N) is 1. The van der Waals surface area contributed by atoms with Crippen molar-refractivity contribution in [2.75, 3.05) is 26.0 Å². The third-order valence-corrected chi connectivity index (χ3v) is 5.37. The minimum atomic E-state index is -4.00. The van der Waals surface area contributed by atoms with E-state index >= 15 is 0 Å². The maximum absolute atomic E-state index is 12.6.